The number of benzene rings is 1. The lowest BCUT2D eigenvalue weighted by atomic mass is 10.1. The second-order valence-electron chi connectivity index (χ2n) is 4.88. The van der Waals surface area contributed by atoms with E-state index in [1.165, 1.54) is 0 Å². The summed E-state index contributed by atoms with van der Waals surface area (Å²) in [4.78, 5) is 12.9. The predicted octanol–water partition coefficient (Wildman–Crippen LogP) is 2.05. The molecule has 2 heterocycles. The van der Waals surface area contributed by atoms with Crippen LogP contribution in [0.4, 0.5) is 5.95 Å². The minimum atomic E-state index is 0.302. The molecule has 0 aliphatic heterocycles. The first kappa shape index (κ1) is 13.2. The average Bonchev–Trinajstić information content (AvgIpc) is 2.92. The van der Waals surface area contributed by atoms with Crippen LogP contribution in [0.1, 0.15) is 22.8 Å². The highest BCUT2D eigenvalue weighted by atomic mass is 15.2. The summed E-state index contributed by atoms with van der Waals surface area (Å²) in [6, 6.07) is 9.86. The summed E-state index contributed by atoms with van der Waals surface area (Å²) >= 11 is 0. The molecular weight excluding hydrogens is 264 g/mol. The van der Waals surface area contributed by atoms with Crippen molar-refractivity contribution in [2.24, 2.45) is 0 Å². The van der Waals surface area contributed by atoms with Crippen LogP contribution in [0, 0.1) is 13.8 Å². The van der Waals surface area contributed by atoms with Crippen molar-refractivity contribution in [3.63, 3.8) is 0 Å². The molecule has 0 unspecified atom stereocenters. The van der Waals surface area contributed by atoms with Crippen LogP contribution in [0.2, 0.25) is 0 Å². The van der Waals surface area contributed by atoms with Crippen LogP contribution in [0.15, 0.2) is 30.3 Å². The van der Waals surface area contributed by atoms with Crippen molar-refractivity contribution in [3.8, 4) is 11.4 Å². The van der Waals surface area contributed by atoms with Gasteiger partial charge in [0.05, 0.1) is 0 Å². The van der Waals surface area contributed by atoms with E-state index in [-0.39, 0.29) is 0 Å². The third-order valence-electron chi connectivity index (χ3n) is 3.35. The fourth-order valence-corrected chi connectivity index (χ4v) is 2.28. The maximum atomic E-state index is 5.64. The van der Waals surface area contributed by atoms with Crippen LogP contribution in [0.5, 0.6) is 0 Å². The lowest BCUT2D eigenvalue weighted by molar-refractivity contribution is 0.919. The minimum absolute atomic E-state index is 0.302. The zero-order chi connectivity index (χ0) is 14.8. The number of aromatic nitrogens is 5. The molecule has 0 aliphatic carbocycles. The van der Waals surface area contributed by atoms with E-state index >= 15 is 0 Å². The number of aryl methyl sites for hydroxylation is 2. The number of nitrogens with one attached hydrogen (secondary N) is 1. The highest BCUT2D eigenvalue weighted by molar-refractivity contribution is 5.54. The molecule has 0 amide bonds. The van der Waals surface area contributed by atoms with Crippen molar-refractivity contribution >= 4 is 5.95 Å². The lowest BCUT2D eigenvalue weighted by Gasteiger charge is -2.07. The molecule has 6 nitrogen and oxygen atoms in total. The number of hydrogen-bond acceptors (Lipinski definition) is 5. The van der Waals surface area contributed by atoms with Crippen LogP contribution in [-0.2, 0) is 6.42 Å². The zero-order valence-corrected chi connectivity index (χ0v) is 12.0. The predicted molar refractivity (Wildman–Crippen MR) is 80.5 cm³/mol. The molecule has 0 saturated heterocycles. The van der Waals surface area contributed by atoms with Gasteiger partial charge in [-0.25, -0.2) is 15.0 Å². The van der Waals surface area contributed by atoms with Gasteiger partial charge in [-0.2, -0.15) is 5.10 Å². The third kappa shape index (κ3) is 2.74. The maximum absolute atomic E-state index is 5.64. The van der Waals surface area contributed by atoms with E-state index in [0.717, 1.165) is 28.3 Å². The molecule has 0 radical (unpaired) electrons. The van der Waals surface area contributed by atoms with Crippen LogP contribution < -0.4 is 5.73 Å². The Morgan fingerprint density at radius 2 is 1.67 bits per heavy atom. The molecule has 6 heteroatoms. The van der Waals surface area contributed by atoms with Gasteiger partial charge < -0.3 is 5.73 Å². The van der Waals surface area contributed by atoms with Gasteiger partial charge in [-0.15, -0.1) is 0 Å². The minimum Gasteiger partial charge on any atom is -0.368 e. The van der Waals surface area contributed by atoms with E-state index in [1.807, 2.05) is 44.2 Å². The van der Waals surface area contributed by atoms with E-state index in [0.29, 0.717) is 18.2 Å². The van der Waals surface area contributed by atoms with Gasteiger partial charge in [-0.05, 0) is 13.8 Å². The summed E-state index contributed by atoms with van der Waals surface area (Å²) in [6.07, 6.45) is 0.609. The second-order valence-corrected chi connectivity index (χ2v) is 4.88. The molecule has 0 fully saturated rings. The van der Waals surface area contributed by atoms with Gasteiger partial charge >= 0.3 is 0 Å². The highest BCUT2D eigenvalue weighted by Gasteiger charge is 2.11. The summed E-state index contributed by atoms with van der Waals surface area (Å²) in [5.74, 6) is 1.78. The molecule has 0 saturated carbocycles. The quantitative estimate of drug-likeness (QED) is 0.766. The van der Waals surface area contributed by atoms with E-state index in [9.17, 15) is 0 Å². The number of H-pyrrole nitrogens is 1. The Morgan fingerprint density at radius 1 is 1.00 bits per heavy atom. The first-order valence-corrected chi connectivity index (χ1v) is 6.70. The van der Waals surface area contributed by atoms with Crippen molar-refractivity contribution in [1.29, 1.82) is 0 Å². The van der Waals surface area contributed by atoms with Crippen molar-refractivity contribution in [2.75, 3.05) is 5.73 Å². The molecule has 2 aromatic heterocycles. The molecule has 3 N–H and O–H groups in total. The Balaban J connectivity index is 1.89. The fraction of sp³-hybridized carbons (Fsp3) is 0.200. The van der Waals surface area contributed by atoms with Gasteiger partial charge in [0.15, 0.2) is 5.82 Å². The van der Waals surface area contributed by atoms with E-state index in [2.05, 4.69) is 25.1 Å². The number of anilines is 1. The fourth-order valence-electron chi connectivity index (χ4n) is 2.28. The number of nitrogens with two attached hydrogens (primary N) is 1. The highest BCUT2D eigenvalue weighted by Crippen LogP contribution is 2.17. The molecule has 1 aromatic carbocycles. The van der Waals surface area contributed by atoms with Gasteiger partial charge in [0.25, 0.3) is 0 Å². The van der Waals surface area contributed by atoms with Crippen molar-refractivity contribution < 1.29 is 0 Å². The number of hydrogen-bond donors (Lipinski definition) is 2. The Morgan fingerprint density at radius 3 is 2.33 bits per heavy atom. The number of rotatable bonds is 3. The Bertz CT molecular complexity index is 740. The lowest BCUT2D eigenvalue weighted by Crippen LogP contribution is -2.06. The van der Waals surface area contributed by atoms with Gasteiger partial charge in [-0.1, -0.05) is 30.3 Å². The Hall–Kier alpha value is -2.76. The van der Waals surface area contributed by atoms with Crippen LogP contribution in [0.3, 0.4) is 0 Å². The number of aromatic amines is 1. The first-order chi connectivity index (χ1) is 10.1. The first-order valence-electron chi connectivity index (χ1n) is 6.70. The monoisotopic (exact) mass is 280 g/mol. The van der Waals surface area contributed by atoms with Gasteiger partial charge in [0.1, 0.15) is 5.82 Å². The summed E-state index contributed by atoms with van der Waals surface area (Å²) in [5.41, 5.74) is 9.41. The van der Waals surface area contributed by atoms with E-state index in [1.54, 1.807) is 0 Å². The SMILES string of the molecule is Cc1nc(N)nc(C)c1Cc1nc(-c2ccccc2)n[nH]1. The largest absolute Gasteiger partial charge is 0.368 e. The Labute approximate surface area is 122 Å². The topological polar surface area (TPSA) is 93.4 Å². The van der Waals surface area contributed by atoms with Crippen molar-refractivity contribution in [1.82, 2.24) is 25.1 Å². The van der Waals surface area contributed by atoms with Crippen LogP contribution in [0.25, 0.3) is 11.4 Å². The number of nitrogen functional groups attached to an aromatic ring is 1. The van der Waals surface area contributed by atoms with Crippen LogP contribution in [-0.4, -0.2) is 25.1 Å². The van der Waals surface area contributed by atoms with E-state index in [4.69, 9.17) is 5.73 Å². The molecule has 0 bridgehead atoms. The zero-order valence-electron chi connectivity index (χ0n) is 12.0. The van der Waals surface area contributed by atoms with Crippen LogP contribution >= 0.6 is 0 Å². The summed E-state index contributed by atoms with van der Waals surface area (Å²) in [6.45, 7) is 3.85. The maximum Gasteiger partial charge on any atom is 0.220 e. The molecular formula is C15H16N6. The summed E-state index contributed by atoms with van der Waals surface area (Å²) in [7, 11) is 0. The van der Waals surface area contributed by atoms with Crippen molar-refractivity contribution in [3.05, 3.63) is 53.1 Å². The molecule has 21 heavy (non-hydrogen) atoms. The molecule has 106 valence electrons. The summed E-state index contributed by atoms with van der Waals surface area (Å²) < 4.78 is 0. The van der Waals surface area contributed by atoms with Gasteiger partial charge in [0, 0.05) is 28.9 Å². The third-order valence-corrected chi connectivity index (χ3v) is 3.35. The summed E-state index contributed by atoms with van der Waals surface area (Å²) in [5, 5.41) is 7.23. The standard InChI is InChI=1S/C15H16N6/c1-9-12(10(2)18-15(16)17-9)8-13-19-14(21-20-13)11-6-4-3-5-7-11/h3-7H,8H2,1-2H3,(H2,16,17,18)(H,19,20,21). The molecule has 0 atom stereocenters. The Kier molecular flexibility index (Phi) is 3.35. The second kappa shape index (κ2) is 5.32. The van der Waals surface area contributed by atoms with Crippen molar-refractivity contribution in [2.45, 2.75) is 20.3 Å². The van der Waals surface area contributed by atoms with Gasteiger partial charge in [0.2, 0.25) is 5.95 Å². The molecule has 3 aromatic rings. The number of nitrogens with zero attached hydrogens (tertiary/aromatic N) is 4. The normalized spacial score (nSPS) is 10.8. The van der Waals surface area contributed by atoms with E-state index < -0.39 is 0 Å². The molecule has 3 rings (SSSR count). The molecule has 0 aliphatic rings. The smallest absolute Gasteiger partial charge is 0.220 e. The molecule has 0 spiro atoms. The average molecular weight is 280 g/mol. The van der Waals surface area contributed by atoms with Gasteiger partial charge in [-0.3, -0.25) is 5.10 Å².